The summed E-state index contributed by atoms with van der Waals surface area (Å²) in [5, 5.41) is 8.86. The lowest BCUT2D eigenvalue weighted by atomic mass is 10.0. The van der Waals surface area contributed by atoms with Crippen LogP contribution in [-0.4, -0.2) is 4.57 Å². The van der Waals surface area contributed by atoms with Crippen LogP contribution in [0.25, 0.3) is 0 Å². The van der Waals surface area contributed by atoms with Gasteiger partial charge in [0.15, 0.2) is 0 Å². The number of aryl methyl sites for hydroxylation is 1. The molecule has 1 aliphatic carbocycles. The van der Waals surface area contributed by atoms with Crippen molar-refractivity contribution in [2.24, 2.45) is 7.05 Å². The van der Waals surface area contributed by atoms with Gasteiger partial charge in [-0.1, -0.05) is 0 Å². The van der Waals surface area contributed by atoms with Gasteiger partial charge in [-0.15, -0.1) is 0 Å². The quantitative estimate of drug-likeness (QED) is 0.591. The molecule has 1 aromatic heterocycles. The Kier molecular flexibility index (Phi) is 1.11. The first-order valence-corrected chi connectivity index (χ1v) is 3.81. The lowest BCUT2D eigenvalue weighted by Gasteiger charge is -1.99. The topological polar surface area (TPSA) is 28.7 Å². The van der Waals surface area contributed by atoms with E-state index in [0.717, 1.165) is 12.8 Å². The molecule has 1 aliphatic rings. The predicted octanol–water partition coefficient (Wildman–Crippen LogP) is 1.58. The number of hydrogen-bond donors (Lipinski definition) is 0. The molecule has 2 rings (SSSR count). The molecule has 1 heterocycles. The fourth-order valence-corrected chi connectivity index (χ4v) is 1.38. The van der Waals surface area contributed by atoms with E-state index in [4.69, 9.17) is 5.26 Å². The Labute approximate surface area is 66.1 Å². The van der Waals surface area contributed by atoms with Gasteiger partial charge in [0, 0.05) is 19.4 Å². The molecule has 0 amide bonds. The van der Waals surface area contributed by atoms with Crippen LogP contribution in [0.15, 0.2) is 18.5 Å². The summed E-state index contributed by atoms with van der Waals surface area (Å²) < 4.78 is 1.99. The van der Waals surface area contributed by atoms with Gasteiger partial charge in [0.2, 0.25) is 0 Å². The van der Waals surface area contributed by atoms with E-state index in [-0.39, 0.29) is 5.41 Å². The van der Waals surface area contributed by atoms with E-state index >= 15 is 0 Å². The van der Waals surface area contributed by atoms with Crippen molar-refractivity contribution in [3.05, 3.63) is 24.0 Å². The summed E-state index contributed by atoms with van der Waals surface area (Å²) in [6, 6.07) is 4.41. The van der Waals surface area contributed by atoms with Crippen molar-refractivity contribution in [3.8, 4) is 6.07 Å². The van der Waals surface area contributed by atoms with Crippen molar-refractivity contribution in [3.63, 3.8) is 0 Å². The highest BCUT2D eigenvalue weighted by Crippen LogP contribution is 2.47. The van der Waals surface area contributed by atoms with Gasteiger partial charge in [0.05, 0.1) is 11.5 Å². The molecule has 0 atom stereocenters. The van der Waals surface area contributed by atoms with Crippen LogP contribution in [0.3, 0.4) is 0 Å². The average molecular weight is 146 g/mol. The molecule has 11 heavy (non-hydrogen) atoms. The van der Waals surface area contributed by atoms with E-state index < -0.39 is 0 Å². The first-order chi connectivity index (χ1) is 5.27. The first kappa shape index (κ1) is 6.48. The van der Waals surface area contributed by atoms with Crippen LogP contribution in [-0.2, 0) is 12.5 Å². The third-order valence-electron chi connectivity index (χ3n) is 2.35. The summed E-state index contributed by atoms with van der Waals surface area (Å²) >= 11 is 0. The minimum Gasteiger partial charge on any atom is -0.357 e. The maximum Gasteiger partial charge on any atom is 0.0838 e. The fraction of sp³-hybridized carbons (Fsp3) is 0.444. The normalized spacial score (nSPS) is 19.3. The second kappa shape index (κ2) is 1.88. The van der Waals surface area contributed by atoms with Crippen LogP contribution >= 0.6 is 0 Å². The zero-order valence-corrected chi connectivity index (χ0v) is 6.54. The Bertz CT molecular complexity index is 313. The van der Waals surface area contributed by atoms with Crippen LogP contribution in [0.5, 0.6) is 0 Å². The van der Waals surface area contributed by atoms with E-state index in [9.17, 15) is 0 Å². The second-order valence-corrected chi connectivity index (χ2v) is 3.26. The van der Waals surface area contributed by atoms with Crippen LogP contribution in [0.2, 0.25) is 0 Å². The van der Waals surface area contributed by atoms with E-state index in [2.05, 4.69) is 6.07 Å². The van der Waals surface area contributed by atoms with Crippen molar-refractivity contribution in [2.45, 2.75) is 18.3 Å². The number of rotatable bonds is 1. The maximum atomic E-state index is 8.86. The zero-order chi connectivity index (χ0) is 7.90. The van der Waals surface area contributed by atoms with E-state index in [1.807, 2.05) is 30.1 Å². The van der Waals surface area contributed by atoms with Gasteiger partial charge >= 0.3 is 0 Å². The summed E-state index contributed by atoms with van der Waals surface area (Å²) in [6.07, 6.45) is 6.10. The molecule has 0 unspecified atom stereocenters. The zero-order valence-electron chi connectivity index (χ0n) is 6.54. The molecule has 1 aromatic rings. The van der Waals surface area contributed by atoms with Gasteiger partial charge in [-0.25, -0.2) is 0 Å². The summed E-state index contributed by atoms with van der Waals surface area (Å²) in [4.78, 5) is 0. The summed E-state index contributed by atoms with van der Waals surface area (Å²) in [6.45, 7) is 0. The smallest absolute Gasteiger partial charge is 0.0838 e. The van der Waals surface area contributed by atoms with Crippen LogP contribution in [0, 0.1) is 11.3 Å². The Morgan fingerprint density at radius 2 is 2.36 bits per heavy atom. The Balaban J connectivity index is 2.38. The summed E-state index contributed by atoms with van der Waals surface area (Å²) in [7, 11) is 1.98. The van der Waals surface area contributed by atoms with Gasteiger partial charge < -0.3 is 4.57 Å². The van der Waals surface area contributed by atoms with Crippen LogP contribution in [0.4, 0.5) is 0 Å². The molecule has 0 radical (unpaired) electrons. The second-order valence-electron chi connectivity index (χ2n) is 3.26. The largest absolute Gasteiger partial charge is 0.357 e. The number of aromatic nitrogens is 1. The highest BCUT2D eigenvalue weighted by molar-refractivity contribution is 5.37. The predicted molar refractivity (Wildman–Crippen MR) is 41.9 cm³/mol. The van der Waals surface area contributed by atoms with Gasteiger partial charge in [0.1, 0.15) is 0 Å². The molecule has 2 nitrogen and oxygen atoms in total. The van der Waals surface area contributed by atoms with E-state index in [1.165, 1.54) is 5.56 Å². The third kappa shape index (κ3) is 0.848. The minimum absolute atomic E-state index is 0.110. The lowest BCUT2D eigenvalue weighted by Crippen LogP contribution is -1.99. The standard InChI is InChI=1S/C9H10N2/c1-11-5-2-8(6-11)9(7-10)3-4-9/h2,5-6H,3-4H2,1H3. The molecule has 0 spiro atoms. The van der Waals surface area contributed by atoms with Gasteiger partial charge in [-0.3, -0.25) is 0 Å². The van der Waals surface area contributed by atoms with Crippen molar-refractivity contribution >= 4 is 0 Å². The summed E-state index contributed by atoms with van der Waals surface area (Å²) in [5.74, 6) is 0. The lowest BCUT2D eigenvalue weighted by molar-refractivity contribution is 0.876. The molecule has 1 saturated carbocycles. The van der Waals surface area contributed by atoms with E-state index in [1.54, 1.807) is 0 Å². The van der Waals surface area contributed by atoms with E-state index in [0.29, 0.717) is 0 Å². The van der Waals surface area contributed by atoms with Crippen LogP contribution < -0.4 is 0 Å². The molecule has 1 fully saturated rings. The molecule has 0 aromatic carbocycles. The number of nitrogens with zero attached hydrogens (tertiary/aromatic N) is 2. The summed E-state index contributed by atoms with van der Waals surface area (Å²) in [5.41, 5.74) is 1.07. The molecule has 0 N–H and O–H groups in total. The van der Waals surface area contributed by atoms with Crippen molar-refractivity contribution in [1.29, 1.82) is 5.26 Å². The Morgan fingerprint density at radius 3 is 2.73 bits per heavy atom. The highest BCUT2D eigenvalue weighted by atomic mass is 14.9. The minimum atomic E-state index is -0.110. The van der Waals surface area contributed by atoms with Gasteiger partial charge in [-0.2, -0.15) is 5.26 Å². The fourth-order valence-electron chi connectivity index (χ4n) is 1.38. The third-order valence-corrected chi connectivity index (χ3v) is 2.35. The maximum absolute atomic E-state index is 8.86. The van der Waals surface area contributed by atoms with Crippen molar-refractivity contribution in [1.82, 2.24) is 4.57 Å². The van der Waals surface area contributed by atoms with Crippen molar-refractivity contribution < 1.29 is 0 Å². The van der Waals surface area contributed by atoms with Crippen LogP contribution in [0.1, 0.15) is 18.4 Å². The highest BCUT2D eigenvalue weighted by Gasteiger charge is 2.45. The molecule has 2 heteroatoms. The van der Waals surface area contributed by atoms with Crippen molar-refractivity contribution in [2.75, 3.05) is 0 Å². The Morgan fingerprint density at radius 1 is 1.64 bits per heavy atom. The first-order valence-electron chi connectivity index (χ1n) is 3.81. The van der Waals surface area contributed by atoms with Gasteiger partial charge in [0.25, 0.3) is 0 Å². The number of nitriles is 1. The Hall–Kier alpha value is -1.23. The molecular formula is C9H10N2. The molecular weight excluding hydrogens is 136 g/mol. The molecule has 56 valence electrons. The number of hydrogen-bond acceptors (Lipinski definition) is 1. The van der Waals surface area contributed by atoms with Gasteiger partial charge in [-0.05, 0) is 24.5 Å². The molecule has 0 aliphatic heterocycles. The monoisotopic (exact) mass is 146 g/mol. The molecule has 0 bridgehead atoms. The molecule has 0 saturated heterocycles. The SMILES string of the molecule is Cn1ccc(C2(C#N)CC2)c1. The average Bonchev–Trinajstić information content (AvgIpc) is 2.70.